The molecule has 1 aromatic heterocycles. The van der Waals surface area contributed by atoms with E-state index >= 15 is 0 Å². The summed E-state index contributed by atoms with van der Waals surface area (Å²) in [4.78, 5) is 0. The Kier molecular flexibility index (Phi) is 8.85. The van der Waals surface area contributed by atoms with Crippen LogP contribution in [-0.2, 0) is 6.54 Å². The van der Waals surface area contributed by atoms with Crippen molar-refractivity contribution < 1.29 is 0 Å². The fourth-order valence-electron chi connectivity index (χ4n) is 1.70. The number of likely N-dealkylation sites (N-methyl/N-ethyl adjacent to an activating group) is 1. The van der Waals surface area contributed by atoms with E-state index in [9.17, 15) is 0 Å². The van der Waals surface area contributed by atoms with Gasteiger partial charge in [0.25, 0.3) is 0 Å². The molecule has 0 saturated carbocycles. The van der Waals surface area contributed by atoms with Gasteiger partial charge in [-0.3, -0.25) is 0 Å². The normalized spacial score (nSPS) is 11.0. The molecule has 6 heteroatoms. The first-order valence-corrected chi connectivity index (χ1v) is 7.90. The van der Waals surface area contributed by atoms with Gasteiger partial charge in [-0.15, -0.1) is 5.10 Å². The minimum absolute atomic E-state index is 0.836. The standard InChI is InChI=1S/C12H25N5S/c1-3-4-5-6-7-8-11-18-12-14-15-16-17(12)10-9-13-2/h13H,3-11H2,1-2H3. The number of hydrogen-bond acceptors (Lipinski definition) is 5. The molecule has 0 aliphatic heterocycles. The van der Waals surface area contributed by atoms with Gasteiger partial charge in [-0.1, -0.05) is 50.8 Å². The molecule has 1 N–H and O–H groups in total. The quantitative estimate of drug-likeness (QED) is 0.494. The van der Waals surface area contributed by atoms with Crippen LogP contribution in [0.2, 0.25) is 0 Å². The highest BCUT2D eigenvalue weighted by molar-refractivity contribution is 7.99. The van der Waals surface area contributed by atoms with Crippen LogP contribution in [-0.4, -0.2) is 39.6 Å². The van der Waals surface area contributed by atoms with Crippen molar-refractivity contribution in [1.82, 2.24) is 25.5 Å². The van der Waals surface area contributed by atoms with Crippen molar-refractivity contribution in [3.05, 3.63) is 0 Å². The van der Waals surface area contributed by atoms with Crippen LogP contribution in [0.25, 0.3) is 0 Å². The van der Waals surface area contributed by atoms with Gasteiger partial charge in [-0.05, 0) is 23.9 Å². The molecule has 0 aliphatic rings. The highest BCUT2D eigenvalue weighted by Gasteiger charge is 2.05. The predicted octanol–water partition coefficient (Wildman–Crippen LogP) is 2.35. The van der Waals surface area contributed by atoms with Crippen molar-refractivity contribution in [2.24, 2.45) is 0 Å². The average Bonchev–Trinajstić information content (AvgIpc) is 2.83. The zero-order valence-corrected chi connectivity index (χ0v) is 12.4. The summed E-state index contributed by atoms with van der Waals surface area (Å²) < 4.78 is 1.87. The van der Waals surface area contributed by atoms with Crippen LogP contribution < -0.4 is 5.32 Å². The molecule has 1 rings (SSSR count). The Morgan fingerprint density at radius 3 is 2.72 bits per heavy atom. The number of rotatable bonds is 11. The third kappa shape index (κ3) is 6.35. The van der Waals surface area contributed by atoms with Crippen LogP contribution in [0.15, 0.2) is 5.16 Å². The Labute approximate surface area is 114 Å². The summed E-state index contributed by atoms with van der Waals surface area (Å²) in [6.45, 7) is 3.98. The number of thioether (sulfide) groups is 1. The molecule has 0 saturated heterocycles. The van der Waals surface area contributed by atoms with Crippen molar-refractivity contribution in [3.8, 4) is 0 Å². The van der Waals surface area contributed by atoms with Crippen molar-refractivity contribution in [1.29, 1.82) is 0 Å². The van der Waals surface area contributed by atoms with E-state index in [0.717, 1.165) is 24.0 Å². The first-order valence-electron chi connectivity index (χ1n) is 6.92. The van der Waals surface area contributed by atoms with Gasteiger partial charge < -0.3 is 5.32 Å². The summed E-state index contributed by atoms with van der Waals surface area (Å²) in [7, 11) is 1.94. The second-order valence-electron chi connectivity index (χ2n) is 4.40. The highest BCUT2D eigenvalue weighted by atomic mass is 32.2. The van der Waals surface area contributed by atoms with Gasteiger partial charge in [0.15, 0.2) is 0 Å². The Balaban J connectivity index is 2.09. The molecule has 0 amide bonds. The lowest BCUT2D eigenvalue weighted by molar-refractivity contribution is 0.529. The molecule has 0 aromatic carbocycles. The van der Waals surface area contributed by atoms with E-state index in [2.05, 4.69) is 27.8 Å². The summed E-state index contributed by atoms with van der Waals surface area (Å²) in [5.74, 6) is 1.12. The zero-order valence-electron chi connectivity index (χ0n) is 11.6. The molecular weight excluding hydrogens is 246 g/mol. The number of unbranched alkanes of at least 4 members (excludes halogenated alkanes) is 5. The molecule has 0 atom stereocenters. The van der Waals surface area contributed by atoms with Gasteiger partial charge in [-0.2, -0.15) is 0 Å². The third-order valence-corrected chi connectivity index (χ3v) is 3.85. The first kappa shape index (κ1) is 15.4. The molecule has 18 heavy (non-hydrogen) atoms. The van der Waals surface area contributed by atoms with Gasteiger partial charge >= 0.3 is 0 Å². The number of aromatic nitrogens is 4. The van der Waals surface area contributed by atoms with Crippen LogP contribution in [0.5, 0.6) is 0 Å². The van der Waals surface area contributed by atoms with E-state index in [1.165, 1.54) is 38.5 Å². The highest BCUT2D eigenvalue weighted by Crippen LogP contribution is 2.16. The number of tetrazole rings is 1. The topological polar surface area (TPSA) is 55.6 Å². The molecule has 1 aromatic rings. The Hall–Kier alpha value is -0.620. The monoisotopic (exact) mass is 271 g/mol. The molecule has 0 spiro atoms. The molecule has 5 nitrogen and oxygen atoms in total. The van der Waals surface area contributed by atoms with E-state index < -0.39 is 0 Å². The zero-order chi connectivity index (χ0) is 13.1. The predicted molar refractivity (Wildman–Crippen MR) is 75.8 cm³/mol. The van der Waals surface area contributed by atoms with Gasteiger partial charge in [0.05, 0.1) is 6.54 Å². The second kappa shape index (κ2) is 10.3. The minimum Gasteiger partial charge on any atom is -0.318 e. The Morgan fingerprint density at radius 2 is 1.94 bits per heavy atom. The van der Waals surface area contributed by atoms with Crippen LogP contribution in [0.3, 0.4) is 0 Å². The van der Waals surface area contributed by atoms with E-state index in [0.29, 0.717) is 0 Å². The molecule has 0 aliphatic carbocycles. The molecule has 0 fully saturated rings. The lowest BCUT2D eigenvalue weighted by Gasteiger charge is -2.03. The Morgan fingerprint density at radius 1 is 1.17 bits per heavy atom. The maximum atomic E-state index is 4.05. The van der Waals surface area contributed by atoms with Crippen LogP contribution >= 0.6 is 11.8 Å². The van der Waals surface area contributed by atoms with Gasteiger partial charge in [-0.25, -0.2) is 4.68 Å². The van der Waals surface area contributed by atoms with Crippen LogP contribution in [0.1, 0.15) is 45.4 Å². The average molecular weight is 271 g/mol. The molecular formula is C12H25N5S. The summed E-state index contributed by atoms with van der Waals surface area (Å²) in [6, 6.07) is 0. The van der Waals surface area contributed by atoms with Crippen molar-refractivity contribution in [3.63, 3.8) is 0 Å². The first-order chi connectivity index (χ1) is 8.88. The summed E-state index contributed by atoms with van der Waals surface area (Å²) in [5, 5.41) is 15.8. The fraction of sp³-hybridized carbons (Fsp3) is 0.917. The number of nitrogens with zero attached hydrogens (tertiary/aromatic N) is 4. The molecule has 1 heterocycles. The Bertz CT molecular complexity index is 302. The molecule has 0 bridgehead atoms. The van der Waals surface area contributed by atoms with Crippen LogP contribution in [0, 0.1) is 0 Å². The van der Waals surface area contributed by atoms with Gasteiger partial charge in [0.2, 0.25) is 5.16 Å². The van der Waals surface area contributed by atoms with Crippen molar-refractivity contribution in [2.75, 3.05) is 19.3 Å². The second-order valence-corrected chi connectivity index (χ2v) is 5.47. The van der Waals surface area contributed by atoms with Gasteiger partial charge in [0, 0.05) is 12.3 Å². The smallest absolute Gasteiger partial charge is 0.209 e. The lowest BCUT2D eigenvalue weighted by Crippen LogP contribution is -2.16. The third-order valence-electron chi connectivity index (χ3n) is 2.80. The maximum absolute atomic E-state index is 4.05. The molecule has 104 valence electrons. The van der Waals surface area contributed by atoms with E-state index in [1.807, 2.05) is 11.7 Å². The van der Waals surface area contributed by atoms with Gasteiger partial charge in [0.1, 0.15) is 0 Å². The van der Waals surface area contributed by atoms with Crippen LogP contribution in [0.4, 0.5) is 0 Å². The largest absolute Gasteiger partial charge is 0.318 e. The fourth-order valence-corrected chi connectivity index (χ4v) is 2.61. The summed E-state index contributed by atoms with van der Waals surface area (Å²) in [6.07, 6.45) is 8.00. The molecule has 0 unspecified atom stereocenters. The van der Waals surface area contributed by atoms with E-state index in [4.69, 9.17) is 0 Å². The maximum Gasteiger partial charge on any atom is 0.209 e. The molecule has 0 radical (unpaired) electrons. The lowest BCUT2D eigenvalue weighted by atomic mass is 10.1. The van der Waals surface area contributed by atoms with E-state index in [1.54, 1.807) is 11.8 Å². The minimum atomic E-state index is 0.836. The SMILES string of the molecule is CCCCCCCCSc1nnnn1CCNC. The van der Waals surface area contributed by atoms with E-state index in [-0.39, 0.29) is 0 Å². The van der Waals surface area contributed by atoms with Crippen molar-refractivity contribution >= 4 is 11.8 Å². The number of nitrogens with one attached hydrogen (secondary N) is 1. The summed E-state index contributed by atoms with van der Waals surface area (Å²) in [5.41, 5.74) is 0. The summed E-state index contributed by atoms with van der Waals surface area (Å²) >= 11 is 1.77. The number of hydrogen-bond donors (Lipinski definition) is 1. The van der Waals surface area contributed by atoms with Crippen molar-refractivity contribution in [2.45, 2.75) is 57.1 Å².